The SMILES string of the molecule is Cc1cc2ccccc2n(CC(=O)NCCc2cccs2)c1=O. The monoisotopic (exact) mass is 326 g/mol. The van der Waals surface area contributed by atoms with E-state index < -0.39 is 0 Å². The zero-order valence-electron chi connectivity index (χ0n) is 12.9. The first-order chi connectivity index (χ1) is 11.1. The van der Waals surface area contributed by atoms with Crippen molar-refractivity contribution in [3.63, 3.8) is 0 Å². The Morgan fingerprint density at radius 1 is 1.22 bits per heavy atom. The minimum Gasteiger partial charge on any atom is -0.354 e. The molecule has 0 bridgehead atoms. The van der Waals surface area contributed by atoms with E-state index in [0.717, 1.165) is 17.3 Å². The number of hydrogen-bond donors (Lipinski definition) is 1. The lowest BCUT2D eigenvalue weighted by atomic mass is 10.1. The highest BCUT2D eigenvalue weighted by Crippen LogP contribution is 2.13. The summed E-state index contributed by atoms with van der Waals surface area (Å²) in [7, 11) is 0. The topological polar surface area (TPSA) is 51.1 Å². The van der Waals surface area contributed by atoms with Crippen molar-refractivity contribution in [1.82, 2.24) is 9.88 Å². The van der Waals surface area contributed by atoms with Gasteiger partial charge < -0.3 is 5.32 Å². The van der Waals surface area contributed by atoms with Gasteiger partial charge in [0.15, 0.2) is 0 Å². The van der Waals surface area contributed by atoms with Crippen molar-refractivity contribution in [2.45, 2.75) is 19.9 Å². The van der Waals surface area contributed by atoms with Crippen LogP contribution in [0.3, 0.4) is 0 Å². The average molecular weight is 326 g/mol. The first-order valence-electron chi connectivity index (χ1n) is 7.53. The molecule has 118 valence electrons. The van der Waals surface area contributed by atoms with E-state index in [2.05, 4.69) is 11.4 Å². The molecule has 1 N–H and O–H groups in total. The second kappa shape index (κ2) is 6.79. The molecule has 1 aromatic carbocycles. The Balaban J connectivity index is 1.74. The summed E-state index contributed by atoms with van der Waals surface area (Å²) in [4.78, 5) is 25.8. The number of benzene rings is 1. The van der Waals surface area contributed by atoms with Gasteiger partial charge in [0.1, 0.15) is 6.54 Å². The van der Waals surface area contributed by atoms with Crippen molar-refractivity contribution in [2.24, 2.45) is 0 Å². The van der Waals surface area contributed by atoms with Crippen LogP contribution in [0.1, 0.15) is 10.4 Å². The van der Waals surface area contributed by atoms with Crippen LogP contribution in [0, 0.1) is 6.92 Å². The molecule has 23 heavy (non-hydrogen) atoms. The highest BCUT2D eigenvalue weighted by molar-refractivity contribution is 7.09. The van der Waals surface area contributed by atoms with Gasteiger partial charge in [-0.25, -0.2) is 0 Å². The van der Waals surface area contributed by atoms with E-state index in [1.165, 1.54) is 4.88 Å². The number of carbonyl (C=O) groups excluding carboxylic acids is 1. The number of amides is 1. The quantitative estimate of drug-likeness (QED) is 0.784. The van der Waals surface area contributed by atoms with Crippen LogP contribution < -0.4 is 10.9 Å². The summed E-state index contributed by atoms with van der Waals surface area (Å²) in [5.41, 5.74) is 1.32. The van der Waals surface area contributed by atoms with Crippen molar-refractivity contribution in [1.29, 1.82) is 0 Å². The van der Waals surface area contributed by atoms with Crippen LogP contribution in [0.5, 0.6) is 0 Å². The number of aryl methyl sites for hydroxylation is 1. The minimum atomic E-state index is -0.139. The van der Waals surface area contributed by atoms with E-state index in [1.54, 1.807) is 22.8 Å². The molecular weight excluding hydrogens is 308 g/mol. The molecule has 0 saturated carbocycles. The van der Waals surface area contributed by atoms with Crippen LogP contribution in [0.4, 0.5) is 0 Å². The molecule has 0 aliphatic rings. The second-order valence-electron chi connectivity index (χ2n) is 5.46. The number of thiophene rings is 1. The molecule has 0 radical (unpaired) electrons. The van der Waals surface area contributed by atoms with Crippen LogP contribution in [-0.2, 0) is 17.8 Å². The fourth-order valence-corrected chi connectivity index (χ4v) is 3.32. The predicted octanol–water partition coefficient (Wildman–Crippen LogP) is 2.73. The smallest absolute Gasteiger partial charge is 0.254 e. The fourth-order valence-electron chi connectivity index (χ4n) is 2.61. The van der Waals surface area contributed by atoms with E-state index >= 15 is 0 Å². The van der Waals surface area contributed by atoms with Crippen LogP contribution >= 0.6 is 11.3 Å². The summed E-state index contributed by atoms with van der Waals surface area (Å²) in [6, 6.07) is 13.5. The molecular formula is C18H18N2O2S. The molecule has 0 spiro atoms. The van der Waals surface area contributed by atoms with Crippen LogP contribution in [0.25, 0.3) is 10.9 Å². The zero-order chi connectivity index (χ0) is 16.2. The van der Waals surface area contributed by atoms with Crippen molar-refractivity contribution >= 4 is 28.1 Å². The number of rotatable bonds is 5. The molecule has 1 amide bonds. The third kappa shape index (κ3) is 3.51. The lowest BCUT2D eigenvalue weighted by Crippen LogP contribution is -2.34. The number of hydrogen-bond acceptors (Lipinski definition) is 3. The molecule has 4 nitrogen and oxygen atoms in total. The highest BCUT2D eigenvalue weighted by atomic mass is 32.1. The molecule has 0 fully saturated rings. The number of pyridine rings is 1. The van der Waals surface area contributed by atoms with Crippen molar-refractivity contribution < 1.29 is 4.79 Å². The van der Waals surface area contributed by atoms with Crippen LogP contribution in [0.2, 0.25) is 0 Å². The Morgan fingerprint density at radius 2 is 2.04 bits per heavy atom. The molecule has 0 aliphatic heterocycles. The summed E-state index contributed by atoms with van der Waals surface area (Å²) >= 11 is 1.68. The van der Waals surface area contributed by atoms with E-state index in [-0.39, 0.29) is 18.0 Å². The van der Waals surface area contributed by atoms with E-state index in [1.807, 2.05) is 41.8 Å². The van der Waals surface area contributed by atoms with Gasteiger partial charge in [-0.15, -0.1) is 11.3 Å². The molecule has 5 heteroatoms. The standard InChI is InChI=1S/C18H18N2O2S/c1-13-11-14-5-2-3-7-16(14)20(18(13)22)12-17(21)19-9-8-15-6-4-10-23-15/h2-7,10-11H,8-9,12H2,1H3,(H,19,21). The van der Waals surface area contributed by atoms with Crippen molar-refractivity contribution in [3.05, 3.63) is 68.6 Å². The third-order valence-corrected chi connectivity index (χ3v) is 4.69. The number of fused-ring (bicyclic) bond motifs is 1. The van der Waals surface area contributed by atoms with Crippen molar-refractivity contribution in [3.8, 4) is 0 Å². The molecule has 3 aromatic rings. The second-order valence-corrected chi connectivity index (χ2v) is 6.49. The lowest BCUT2D eigenvalue weighted by molar-refractivity contribution is -0.121. The summed E-state index contributed by atoms with van der Waals surface area (Å²) in [5, 5.41) is 5.88. The lowest BCUT2D eigenvalue weighted by Gasteiger charge is -2.11. The molecule has 0 atom stereocenters. The molecule has 3 rings (SSSR count). The van der Waals surface area contributed by atoms with Gasteiger partial charge in [0.2, 0.25) is 5.91 Å². The fraction of sp³-hybridized carbons (Fsp3) is 0.222. The molecule has 0 saturated heterocycles. The van der Waals surface area contributed by atoms with Gasteiger partial charge in [0.05, 0.1) is 5.52 Å². The van der Waals surface area contributed by atoms with Gasteiger partial charge in [-0.2, -0.15) is 0 Å². The Bertz CT molecular complexity index is 882. The van der Waals surface area contributed by atoms with Gasteiger partial charge in [-0.3, -0.25) is 14.2 Å². The van der Waals surface area contributed by atoms with Gasteiger partial charge >= 0.3 is 0 Å². The summed E-state index contributed by atoms with van der Waals surface area (Å²) < 4.78 is 1.55. The molecule has 0 unspecified atom stereocenters. The number of para-hydroxylation sites is 1. The maximum Gasteiger partial charge on any atom is 0.254 e. The first-order valence-corrected chi connectivity index (χ1v) is 8.41. The molecule has 2 aromatic heterocycles. The number of carbonyl (C=O) groups is 1. The maximum atomic E-state index is 12.4. The largest absolute Gasteiger partial charge is 0.354 e. The minimum absolute atomic E-state index is 0.0471. The van der Waals surface area contributed by atoms with E-state index in [4.69, 9.17) is 0 Å². The molecule has 2 heterocycles. The normalized spacial score (nSPS) is 10.8. The zero-order valence-corrected chi connectivity index (χ0v) is 13.7. The first kappa shape index (κ1) is 15.5. The van der Waals surface area contributed by atoms with Gasteiger partial charge in [-0.05, 0) is 42.3 Å². The van der Waals surface area contributed by atoms with Gasteiger partial charge in [0, 0.05) is 17.0 Å². The Kier molecular flexibility index (Phi) is 4.57. The summed E-state index contributed by atoms with van der Waals surface area (Å²) in [5.74, 6) is -0.139. The highest BCUT2D eigenvalue weighted by Gasteiger charge is 2.10. The van der Waals surface area contributed by atoms with Crippen molar-refractivity contribution in [2.75, 3.05) is 6.54 Å². The van der Waals surface area contributed by atoms with Crippen LogP contribution in [-0.4, -0.2) is 17.0 Å². The van der Waals surface area contributed by atoms with Gasteiger partial charge in [0.25, 0.3) is 5.56 Å². The van der Waals surface area contributed by atoms with Crippen LogP contribution in [0.15, 0.2) is 52.6 Å². The number of nitrogens with zero attached hydrogens (tertiary/aromatic N) is 1. The number of aromatic nitrogens is 1. The third-order valence-electron chi connectivity index (χ3n) is 3.76. The van der Waals surface area contributed by atoms with E-state index in [9.17, 15) is 9.59 Å². The summed E-state index contributed by atoms with van der Waals surface area (Å²) in [6.45, 7) is 2.41. The average Bonchev–Trinajstić information content (AvgIpc) is 3.05. The molecule has 0 aliphatic carbocycles. The van der Waals surface area contributed by atoms with E-state index in [0.29, 0.717) is 12.1 Å². The number of nitrogens with one attached hydrogen (secondary N) is 1. The summed E-state index contributed by atoms with van der Waals surface area (Å²) in [6.07, 6.45) is 0.812. The maximum absolute atomic E-state index is 12.4. The predicted molar refractivity (Wildman–Crippen MR) is 94.0 cm³/mol. The Morgan fingerprint density at radius 3 is 2.83 bits per heavy atom. The van der Waals surface area contributed by atoms with Gasteiger partial charge in [-0.1, -0.05) is 24.3 Å². The Hall–Kier alpha value is -2.40. The Labute approximate surface area is 138 Å².